The lowest BCUT2D eigenvalue weighted by Crippen LogP contribution is -2.25. The summed E-state index contributed by atoms with van der Waals surface area (Å²) in [7, 11) is 1.95. The third kappa shape index (κ3) is 3.14. The van der Waals surface area contributed by atoms with Gasteiger partial charge in [0.1, 0.15) is 5.82 Å². The van der Waals surface area contributed by atoms with E-state index in [-0.39, 0.29) is 0 Å². The van der Waals surface area contributed by atoms with Gasteiger partial charge in [0.15, 0.2) is 0 Å². The quantitative estimate of drug-likeness (QED) is 0.801. The Labute approximate surface area is 105 Å². The first kappa shape index (κ1) is 13.9. The minimum Gasteiger partial charge on any atom is -0.394 e. The van der Waals surface area contributed by atoms with Crippen molar-refractivity contribution in [2.45, 2.75) is 53.0 Å². The lowest BCUT2D eigenvalue weighted by atomic mass is 10.0. The van der Waals surface area contributed by atoms with Crippen LogP contribution in [0.3, 0.4) is 0 Å². The van der Waals surface area contributed by atoms with Gasteiger partial charge in [-0.1, -0.05) is 33.6 Å². The number of hydrogen-bond donors (Lipinski definition) is 2. The zero-order valence-corrected chi connectivity index (χ0v) is 11.7. The molecular weight excluding hydrogens is 212 g/mol. The first-order chi connectivity index (χ1) is 8.01. The van der Waals surface area contributed by atoms with E-state index in [1.807, 2.05) is 11.7 Å². The summed E-state index contributed by atoms with van der Waals surface area (Å²) >= 11 is 0. The molecule has 98 valence electrons. The number of nitrogen functional groups attached to an aromatic ring is 1. The number of nitrogens with zero attached hydrogens (tertiary/aromatic N) is 2. The Morgan fingerprint density at radius 1 is 1.35 bits per heavy atom. The summed E-state index contributed by atoms with van der Waals surface area (Å²) in [6.45, 7) is 8.79. The van der Waals surface area contributed by atoms with Gasteiger partial charge in [0.05, 0.1) is 11.4 Å². The third-order valence-corrected chi connectivity index (χ3v) is 3.51. The molecule has 1 aromatic heterocycles. The predicted molar refractivity (Wildman–Crippen MR) is 74.2 cm³/mol. The maximum absolute atomic E-state index is 6.13. The molecule has 1 rings (SSSR count). The second kappa shape index (κ2) is 5.94. The highest BCUT2D eigenvalue weighted by Crippen LogP contribution is 2.25. The van der Waals surface area contributed by atoms with Crippen molar-refractivity contribution in [1.29, 1.82) is 0 Å². The number of hydrogen-bond acceptors (Lipinski definition) is 3. The molecule has 3 N–H and O–H groups in total. The summed E-state index contributed by atoms with van der Waals surface area (Å²) in [6, 6.07) is 0.409. The maximum Gasteiger partial charge on any atom is 0.147 e. The summed E-state index contributed by atoms with van der Waals surface area (Å²) in [5.41, 5.74) is 7.95. The van der Waals surface area contributed by atoms with Crippen LogP contribution in [0, 0.1) is 5.92 Å². The molecule has 0 amide bonds. The molecule has 0 bridgehead atoms. The van der Waals surface area contributed by atoms with E-state index in [4.69, 9.17) is 5.73 Å². The Bertz CT molecular complexity index is 357. The molecule has 0 saturated carbocycles. The van der Waals surface area contributed by atoms with Crippen LogP contribution >= 0.6 is 0 Å². The molecule has 17 heavy (non-hydrogen) atoms. The summed E-state index contributed by atoms with van der Waals surface area (Å²) in [5.74, 6) is 1.58. The Morgan fingerprint density at radius 2 is 2.00 bits per heavy atom. The molecule has 2 atom stereocenters. The van der Waals surface area contributed by atoms with Crippen molar-refractivity contribution >= 4 is 11.5 Å². The number of rotatable bonds is 6. The van der Waals surface area contributed by atoms with Crippen LogP contribution in [0.5, 0.6) is 0 Å². The van der Waals surface area contributed by atoms with Crippen molar-refractivity contribution in [2.24, 2.45) is 13.0 Å². The average molecular weight is 238 g/mol. The first-order valence-electron chi connectivity index (χ1n) is 6.59. The van der Waals surface area contributed by atoms with Gasteiger partial charge in [-0.05, 0) is 19.3 Å². The zero-order chi connectivity index (χ0) is 13.0. The topological polar surface area (TPSA) is 55.9 Å². The number of anilines is 2. The predicted octanol–water partition coefficient (Wildman–Crippen LogP) is 2.80. The summed E-state index contributed by atoms with van der Waals surface area (Å²) in [4.78, 5) is 0. The second-order valence-corrected chi connectivity index (χ2v) is 4.90. The van der Waals surface area contributed by atoms with E-state index in [1.165, 1.54) is 0 Å². The Balaban J connectivity index is 2.83. The summed E-state index contributed by atoms with van der Waals surface area (Å²) in [5, 5.41) is 7.95. The lowest BCUT2D eigenvalue weighted by Gasteiger charge is -2.21. The summed E-state index contributed by atoms with van der Waals surface area (Å²) < 4.78 is 1.86. The van der Waals surface area contributed by atoms with Crippen molar-refractivity contribution in [3.63, 3.8) is 0 Å². The molecule has 4 nitrogen and oxygen atoms in total. The van der Waals surface area contributed by atoms with Crippen LogP contribution in [-0.4, -0.2) is 15.8 Å². The van der Waals surface area contributed by atoms with Gasteiger partial charge in [-0.15, -0.1) is 0 Å². The zero-order valence-electron chi connectivity index (χ0n) is 11.7. The highest BCUT2D eigenvalue weighted by molar-refractivity contribution is 5.65. The van der Waals surface area contributed by atoms with Gasteiger partial charge < -0.3 is 11.1 Å². The fraction of sp³-hybridized carbons (Fsp3) is 0.769. The van der Waals surface area contributed by atoms with Crippen LogP contribution in [0.15, 0.2) is 0 Å². The maximum atomic E-state index is 6.13. The van der Waals surface area contributed by atoms with Gasteiger partial charge >= 0.3 is 0 Å². The molecule has 0 aromatic carbocycles. The van der Waals surface area contributed by atoms with E-state index in [0.717, 1.165) is 36.5 Å². The van der Waals surface area contributed by atoms with Crippen molar-refractivity contribution in [3.8, 4) is 0 Å². The number of nitrogens with two attached hydrogens (primary N) is 1. The van der Waals surface area contributed by atoms with Crippen LogP contribution in [0.2, 0.25) is 0 Å². The first-order valence-corrected chi connectivity index (χ1v) is 6.59. The van der Waals surface area contributed by atoms with E-state index >= 15 is 0 Å². The van der Waals surface area contributed by atoms with E-state index < -0.39 is 0 Å². The van der Waals surface area contributed by atoms with E-state index in [9.17, 15) is 0 Å². The van der Waals surface area contributed by atoms with Crippen molar-refractivity contribution in [1.82, 2.24) is 9.78 Å². The molecule has 0 radical (unpaired) electrons. The smallest absolute Gasteiger partial charge is 0.147 e. The molecule has 1 aromatic rings. The van der Waals surface area contributed by atoms with Gasteiger partial charge in [0.25, 0.3) is 0 Å². The van der Waals surface area contributed by atoms with Crippen LogP contribution in [0.1, 0.15) is 46.2 Å². The number of aryl methyl sites for hydroxylation is 2. The van der Waals surface area contributed by atoms with Crippen LogP contribution in [0.4, 0.5) is 11.5 Å². The molecule has 1 heterocycles. The minimum atomic E-state index is 0.409. The van der Waals surface area contributed by atoms with Gasteiger partial charge in [-0.2, -0.15) is 5.10 Å². The Morgan fingerprint density at radius 3 is 2.53 bits per heavy atom. The second-order valence-electron chi connectivity index (χ2n) is 4.90. The normalized spacial score (nSPS) is 14.6. The van der Waals surface area contributed by atoms with E-state index in [0.29, 0.717) is 12.0 Å². The standard InChI is InChI=1S/C13H26N4/c1-6-8-11-12(14)13(17(5)16-11)15-10(4)9(3)7-2/h9-10,15H,6-8,14H2,1-5H3. The van der Waals surface area contributed by atoms with Crippen molar-refractivity contribution in [3.05, 3.63) is 5.69 Å². The highest BCUT2D eigenvalue weighted by Gasteiger charge is 2.16. The molecule has 0 aliphatic rings. The number of aromatic nitrogens is 2. The molecule has 0 aliphatic heterocycles. The lowest BCUT2D eigenvalue weighted by molar-refractivity contribution is 0.491. The molecule has 0 spiro atoms. The minimum absolute atomic E-state index is 0.409. The molecule has 2 unspecified atom stereocenters. The van der Waals surface area contributed by atoms with Gasteiger partial charge in [0.2, 0.25) is 0 Å². The van der Waals surface area contributed by atoms with E-state index in [1.54, 1.807) is 0 Å². The van der Waals surface area contributed by atoms with E-state index in [2.05, 4.69) is 38.1 Å². The SMILES string of the molecule is CCCc1nn(C)c(NC(C)C(C)CC)c1N. The Kier molecular flexibility index (Phi) is 4.85. The van der Waals surface area contributed by atoms with Crippen LogP contribution < -0.4 is 11.1 Å². The average Bonchev–Trinajstić information content (AvgIpc) is 2.56. The highest BCUT2D eigenvalue weighted by atomic mass is 15.3. The molecule has 0 fully saturated rings. The molecule has 0 aliphatic carbocycles. The molecule has 0 saturated heterocycles. The largest absolute Gasteiger partial charge is 0.394 e. The van der Waals surface area contributed by atoms with Crippen LogP contribution in [-0.2, 0) is 13.5 Å². The van der Waals surface area contributed by atoms with Gasteiger partial charge in [-0.3, -0.25) is 4.68 Å². The summed E-state index contributed by atoms with van der Waals surface area (Å²) in [6.07, 6.45) is 3.17. The van der Waals surface area contributed by atoms with Crippen molar-refractivity contribution in [2.75, 3.05) is 11.1 Å². The monoisotopic (exact) mass is 238 g/mol. The van der Waals surface area contributed by atoms with Gasteiger partial charge in [0, 0.05) is 13.1 Å². The fourth-order valence-corrected chi connectivity index (χ4v) is 1.90. The number of nitrogens with one attached hydrogen (secondary N) is 1. The van der Waals surface area contributed by atoms with Gasteiger partial charge in [-0.25, -0.2) is 0 Å². The Hall–Kier alpha value is -1.19. The van der Waals surface area contributed by atoms with Crippen molar-refractivity contribution < 1.29 is 0 Å². The third-order valence-electron chi connectivity index (χ3n) is 3.51. The van der Waals surface area contributed by atoms with Crippen LogP contribution in [0.25, 0.3) is 0 Å². The molecule has 4 heteroatoms. The fourth-order valence-electron chi connectivity index (χ4n) is 1.90. The molecular formula is C13H26N4.